The number of nitro benzene ring substituents is 1. The van der Waals surface area contributed by atoms with Gasteiger partial charge in [-0.25, -0.2) is 4.79 Å². The van der Waals surface area contributed by atoms with Crippen LogP contribution in [0.25, 0.3) is 0 Å². The van der Waals surface area contributed by atoms with Gasteiger partial charge in [0.15, 0.2) is 0 Å². The van der Waals surface area contributed by atoms with Crippen molar-refractivity contribution in [3.05, 3.63) is 33.9 Å². The van der Waals surface area contributed by atoms with Gasteiger partial charge < -0.3 is 15.7 Å². The van der Waals surface area contributed by atoms with Crippen LogP contribution in [0.5, 0.6) is 0 Å². The number of nitrogens with zero attached hydrogens (tertiary/aromatic N) is 1. The first-order valence-corrected chi connectivity index (χ1v) is 5.37. The lowest BCUT2D eigenvalue weighted by atomic mass is 10.2. The molecule has 0 heterocycles. The quantitative estimate of drug-likeness (QED) is 0.557. The topological polar surface area (TPSA) is 104 Å². The lowest BCUT2D eigenvalue weighted by molar-refractivity contribution is -0.385. The SMILES string of the molecule is Cc1ccc(NC(=O)N[C@@H](C)CO)cc1[N+](=O)[O-]. The minimum Gasteiger partial charge on any atom is -0.394 e. The molecule has 0 aliphatic heterocycles. The van der Waals surface area contributed by atoms with Crippen molar-refractivity contribution in [2.75, 3.05) is 11.9 Å². The molecular weight excluding hydrogens is 238 g/mol. The molecule has 18 heavy (non-hydrogen) atoms. The number of benzene rings is 1. The average Bonchev–Trinajstić information content (AvgIpc) is 2.31. The van der Waals surface area contributed by atoms with Gasteiger partial charge in [-0.05, 0) is 19.9 Å². The van der Waals surface area contributed by atoms with Crippen molar-refractivity contribution in [2.24, 2.45) is 0 Å². The molecule has 2 amide bonds. The zero-order chi connectivity index (χ0) is 13.7. The summed E-state index contributed by atoms with van der Waals surface area (Å²) in [5, 5.41) is 24.4. The number of aryl methyl sites for hydroxylation is 1. The molecule has 0 bridgehead atoms. The van der Waals surface area contributed by atoms with Gasteiger partial charge in [0.05, 0.1) is 17.6 Å². The summed E-state index contributed by atoms with van der Waals surface area (Å²) < 4.78 is 0. The summed E-state index contributed by atoms with van der Waals surface area (Å²) in [6.07, 6.45) is 0. The third-order valence-corrected chi connectivity index (χ3v) is 2.32. The second-order valence-corrected chi connectivity index (χ2v) is 3.94. The molecule has 7 nitrogen and oxygen atoms in total. The maximum absolute atomic E-state index is 11.4. The molecule has 1 aromatic carbocycles. The molecule has 0 saturated carbocycles. The van der Waals surface area contributed by atoms with Gasteiger partial charge in [0.25, 0.3) is 5.69 Å². The number of anilines is 1. The Hall–Kier alpha value is -2.15. The largest absolute Gasteiger partial charge is 0.394 e. The molecule has 1 aromatic rings. The van der Waals surface area contributed by atoms with Crippen LogP contribution < -0.4 is 10.6 Å². The molecule has 0 aliphatic carbocycles. The Morgan fingerprint density at radius 3 is 2.78 bits per heavy atom. The second-order valence-electron chi connectivity index (χ2n) is 3.94. The van der Waals surface area contributed by atoms with Crippen molar-refractivity contribution in [2.45, 2.75) is 19.9 Å². The van der Waals surface area contributed by atoms with Crippen molar-refractivity contribution in [1.29, 1.82) is 0 Å². The number of aliphatic hydroxyl groups is 1. The van der Waals surface area contributed by atoms with Crippen LogP contribution in [0.4, 0.5) is 16.2 Å². The number of hydrogen-bond donors (Lipinski definition) is 3. The molecule has 98 valence electrons. The number of rotatable bonds is 4. The van der Waals surface area contributed by atoms with Crippen molar-refractivity contribution in [3.8, 4) is 0 Å². The van der Waals surface area contributed by atoms with Crippen LogP contribution in [0.3, 0.4) is 0 Å². The maximum atomic E-state index is 11.4. The summed E-state index contributed by atoms with van der Waals surface area (Å²) in [6, 6.07) is 3.52. The van der Waals surface area contributed by atoms with Crippen LogP contribution in [-0.2, 0) is 0 Å². The van der Waals surface area contributed by atoms with Gasteiger partial charge in [0.1, 0.15) is 0 Å². The van der Waals surface area contributed by atoms with E-state index < -0.39 is 11.0 Å². The Balaban J connectivity index is 2.76. The fourth-order valence-electron chi connectivity index (χ4n) is 1.32. The van der Waals surface area contributed by atoms with E-state index in [2.05, 4.69) is 10.6 Å². The van der Waals surface area contributed by atoms with E-state index in [1.165, 1.54) is 6.07 Å². The van der Waals surface area contributed by atoms with Crippen molar-refractivity contribution >= 4 is 17.4 Å². The van der Waals surface area contributed by atoms with E-state index in [-0.39, 0.29) is 18.3 Å². The fourth-order valence-corrected chi connectivity index (χ4v) is 1.32. The number of carbonyl (C=O) groups is 1. The van der Waals surface area contributed by atoms with Gasteiger partial charge in [-0.2, -0.15) is 0 Å². The minimum atomic E-state index is -0.519. The van der Waals surface area contributed by atoms with Gasteiger partial charge in [-0.3, -0.25) is 10.1 Å². The van der Waals surface area contributed by atoms with Crippen molar-refractivity contribution in [1.82, 2.24) is 5.32 Å². The monoisotopic (exact) mass is 253 g/mol. The molecule has 0 radical (unpaired) electrons. The van der Waals surface area contributed by atoms with Crippen molar-refractivity contribution < 1.29 is 14.8 Å². The predicted molar refractivity (Wildman–Crippen MR) is 66.5 cm³/mol. The zero-order valence-corrected chi connectivity index (χ0v) is 10.1. The van der Waals surface area contributed by atoms with Crippen LogP contribution >= 0.6 is 0 Å². The first-order chi connectivity index (χ1) is 8.43. The Labute approximate surface area is 104 Å². The number of nitrogens with one attached hydrogen (secondary N) is 2. The molecule has 0 spiro atoms. The molecule has 3 N–H and O–H groups in total. The lowest BCUT2D eigenvalue weighted by Gasteiger charge is -2.12. The minimum absolute atomic E-state index is 0.0528. The standard InChI is InChI=1S/C11H15N3O4/c1-7-3-4-9(5-10(7)14(17)18)13-11(16)12-8(2)6-15/h3-5,8,15H,6H2,1-2H3,(H2,12,13,16)/t8-/m0/s1. The second kappa shape index (κ2) is 5.97. The summed E-state index contributed by atoms with van der Waals surface area (Å²) >= 11 is 0. The van der Waals surface area contributed by atoms with Crippen LogP contribution in [0, 0.1) is 17.0 Å². The summed E-state index contributed by atoms with van der Waals surface area (Å²) in [4.78, 5) is 21.7. The third kappa shape index (κ3) is 3.70. The maximum Gasteiger partial charge on any atom is 0.319 e. The normalized spacial score (nSPS) is 11.7. The van der Waals surface area contributed by atoms with Crippen LogP contribution in [0.1, 0.15) is 12.5 Å². The van der Waals surface area contributed by atoms with Crippen LogP contribution in [-0.4, -0.2) is 28.7 Å². The van der Waals surface area contributed by atoms with E-state index >= 15 is 0 Å². The molecule has 1 atom stereocenters. The molecule has 0 fully saturated rings. The highest BCUT2D eigenvalue weighted by molar-refractivity contribution is 5.89. The Bertz CT molecular complexity index is 462. The summed E-state index contributed by atoms with van der Waals surface area (Å²) in [5.74, 6) is 0. The van der Waals surface area contributed by atoms with E-state index in [1.807, 2.05) is 0 Å². The molecule has 0 aromatic heterocycles. The number of urea groups is 1. The molecule has 0 aliphatic rings. The van der Waals surface area contributed by atoms with Gasteiger partial charge in [0.2, 0.25) is 0 Å². The number of carbonyl (C=O) groups excluding carboxylic acids is 1. The molecule has 1 rings (SSSR count). The van der Waals surface area contributed by atoms with E-state index in [0.717, 1.165) is 0 Å². The van der Waals surface area contributed by atoms with E-state index in [4.69, 9.17) is 5.11 Å². The Morgan fingerprint density at radius 1 is 1.56 bits per heavy atom. The van der Waals surface area contributed by atoms with Gasteiger partial charge in [-0.1, -0.05) is 6.07 Å². The van der Waals surface area contributed by atoms with E-state index in [0.29, 0.717) is 11.3 Å². The smallest absolute Gasteiger partial charge is 0.319 e. The third-order valence-electron chi connectivity index (χ3n) is 2.32. The van der Waals surface area contributed by atoms with Gasteiger partial charge >= 0.3 is 6.03 Å². The molecule has 0 saturated heterocycles. The Kier molecular flexibility index (Phi) is 4.61. The van der Waals surface area contributed by atoms with Crippen LogP contribution in [0.15, 0.2) is 18.2 Å². The highest BCUT2D eigenvalue weighted by Crippen LogP contribution is 2.22. The summed E-state index contributed by atoms with van der Waals surface area (Å²) in [7, 11) is 0. The number of nitro groups is 1. The molecule has 0 unspecified atom stereocenters. The Morgan fingerprint density at radius 2 is 2.22 bits per heavy atom. The van der Waals surface area contributed by atoms with Crippen LogP contribution in [0.2, 0.25) is 0 Å². The summed E-state index contributed by atoms with van der Waals surface area (Å²) in [5.41, 5.74) is 0.799. The molecular formula is C11H15N3O4. The lowest BCUT2D eigenvalue weighted by Crippen LogP contribution is -2.38. The highest BCUT2D eigenvalue weighted by Gasteiger charge is 2.12. The van der Waals surface area contributed by atoms with E-state index in [9.17, 15) is 14.9 Å². The predicted octanol–water partition coefficient (Wildman–Crippen LogP) is 1.41. The average molecular weight is 253 g/mol. The number of amides is 2. The molecule has 7 heteroatoms. The van der Waals surface area contributed by atoms with Gasteiger partial charge in [-0.15, -0.1) is 0 Å². The first-order valence-electron chi connectivity index (χ1n) is 5.37. The number of hydrogen-bond acceptors (Lipinski definition) is 4. The zero-order valence-electron chi connectivity index (χ0n) is 10.1. The highest BCUT2D eigenvalue weighted by atomic mass is 16.6. The van der Waals surface area contributed by atoms with Crippen molar-refractivity contribution in [3.63, 3.8) is 0 Å². The number of aliphatic hydroxyl groups excluding tert-OH is 1. The van der Waals surface area contributed by atoms with E-state index in [1.54, 1.807) is 26.0 Å². The van der Waals surface area contributed by atoms with Gasteiger partial charge in [0, 0.05) is 17.3 Å². The first kappa shape index (κ1) is 13.9. The fraction of sp³-hybridized carbons (Fsp3) is 0.364. The summed E-state index contributed by atoms with van der Waals surface area (Å²) in [6.45, 7) is 3.08.